The van der Waals surface area contributed by atoms with Gasteiger partial charge in [0, 0.05) is 6.08 Å². The van der Waals surface area contributed by atoms with Crippen LogP contribution in [0.5, 0.6) is 0 Å². The molecule has 0 spiro atoms. The highest BCUT2D eigenvalue weighted by Gasteiger charge is 2.20. The number of carbonyl (C=O) groups is 3. The number of aliphatic hydroxyl groups excluding tert-OH is 1. The maximum absolute atomic E-state index is 11.7. The highest BCUT2D eigenvalue weighted by atomic mass is 17.2. The Kier molecular flexibility index (Phi) is 5.92. The van der Waals surface area contributed by atoms with Gasteiger partial charge in [0.1, 0.15) is 6.61 Å². The van der Waals surface area contributed by atoms with Crippen molar-refractivity contribution in [1.82, 2.24) is 0 Å². The topological polar surface area (TPSA) is 99.1 Å². The van der Waals surface area contributed by atoms with Crippen LogP contribution in [0.15, 0.2) is 36.9 Å². The van der Waals surface area contributed by atoms with E-state index >= 15 is 0 Å². The molecule has 0 aliphatic carbocycles. The van der Waals surface area contributed by atoms with Gasteiger partial charge in [-0.15, -0.1) is 0 Å². The van der Waals surface area contributed by atoms with E-state index in [9.17, 15) is 14.4 Å². The van der Waals surface area contributed by atoms with Gasteiger partial charge in [-0.05, 0) is 12.1 Å². The van der Waals surface area contributed by atoms with E-state index in [1.54, 1.807) is 0 Å². The van der Waals surface area contributed by atoms with Crippen molar-refractivity contribution in [3.05, 3.63) is 48.0 Å². The molecule has 0 saturated carbocycles. The van der Waals surface area contributed by atoms with Gasteiger partial charge in [0.15, 0.2) is 0 Å². The average Bonchev–Trinajstić information content (AvgIpc) is 2.49. The number of carbonyl (C=O) groups excluding carboxylic acids is 3. The first-order valence-corrected chi connectivity index (χ1v) is 5.52. The molecule has 0 heterocycles. The molecule has 0 bridgehead atoms. The van der Waals surface area contributed by atoms with Gasteiger partial charge in [-0.2, -0.15) is 0 Å². The predicted molar refractivity (Wildman–Crippen MR) is 65.5 cm³/mol. The predicted octanol–water partition coefficient (Wildman–Crippen LogP) is 0.637. The van der Waals surface area contributed by atoms with Crippen LogP contribution in [-0.4, -0.2) is 36.2 Å². The molecule has 7 heteroatoms. The number of hydrogen-bond donors (Lipinski definition) is 1. The molecule has 1 aromatic carbocycles. The number of esters is 1. The maximum Gasteiger partial charge on any atom is 0.387 e. The Hall–Kier alpha value is -2.67. The minimum absolute atomic E-state index is 0.0689. The molecule has 1 rings (SSSR count). The van der Waals surface area contributed by atoms with Crippen LogP contribution in [-0.2, 0) is 19.3 Å². The normalized spacial score (nSPS) is 9.45. The van der Waals surface area contributed by atoms with E-state index in [0.717, 1.165) is 6.08 Å². The number of ether oxygens (including phenoxy) is 1. The lowest BCUT2D eigenvalue weighted by atomic mass is 10.1. The summed E-state index contributed by atoms with van der Waals surface area (Å²) >= 11 is 0. The second-order valence-corrected chi connectivity index (χ2v) is 3.38. The van der Waals surface area contributed by atoms with E-state index in [-0.39, 0.29) is 24.3 Å². The van der Waals surface area contributed by atoms with Crippen LogP contribution in [0.1, 0.15) is 20.7 Å². The van der Waals surface area contributed by atoms with Gasteiger partial charge in [-0.25, -0.2) is 24.2 Å². The summed E-state index contributed by atoms with van der Waals surface area (Å²) in [6.45, 7) is 2.59. The molecule has 0 atom stereocenters. The molecule has 20 heavy (non-hydrogen) atoms. The van der Waals surface area contributed by atoms with E-state index < -0.39 is 17.9 Å². The zero-order valence-electron chi connectivity index (χ0n) is 10.4. The highest BCUT2D eigenvalue weighted by Crippen LogP contribution is 2.12. The second kappa shape index (κ2) is 7.70. The minimum atomic E-state index is -1.03. The largest absolute Gasteiger partial charge is 0.460 e. The lowest BCUT2D eigenvalue weighted by Gasteiger charge is -2.07. The minimum Gasteiger partial charge on any atom is -0.460 e. The Balaban J connectivity index is 2.83. The summed E-state index contributed by atoms with van der Waals surface area (Å²) in [6, 6.07) is 5.65. The van der Waals surface area contributed by atoms with Crippen molar-refractivity contribution in [2.75, 3.05) is 13.2 Å². The summed E-state index contributed by atoms with van der Waals surface area (Å²) in [4.78, 5) is 42.5. The maximum atomic E-state index is 11.7. The highest BCUT2D eigenvalue weighted by molar-refractivity contribution is 6.03. The average molecular weight is 280 g/mol. The van der Waals surface area contributed by atoms with Gasteiger partial charge in [0.05, 0.1) is 17.7 Å². The van der Waals surface area contributed by atoms with E-state index in [1.807, 2.05) is 0 Å². The Morgan fingerprint density at radius 3 is 2.25 bits per heavy atom. The van der Waals surface area contributed by atoms with Crippen molar-refractivity contribution in [2.45, 2.75) is 0 Å². The molecule has 1 aromatic rings. The van der Waals surface area contributed by atoms with Crippen LogP contribution >= 0.6 is 0 Å². The van der Waals surface area contributed by atoms with Crippen LogP contribution < -0.4 is 0 Å². The fourth-order valence-electron chi connectivity index (χ4n) is 1.21. The van der Waals surface area contributed by atoms with Crippen molar-refractivity contribution < 1.29 is 34.0 Å². The summed E-state index contributed by atoms with van der Waals surface area (Å²) in [5.41, 5.74) is -0.201. The molecule has 0 radical (unpaired) electrons. The molecule has 106 valence electrons. The molecule has 0 aliphatic rings. The lowest BCUT2D eigenvalue weighted by Crippen LogP contribution is -2.16. The molecular formula is C13H12O7. The number of aliphatic hydroxyl groups is 1. The number of hydrogen-bond acceptors (Lipinski definition) is 7. The van der Waals surface area contributed by atoms with Crippen molar-refractivity contribution in [3.63, 3.8) is 0 Å². The lowest BCUT2D eigenvalue weighted by molar-refractivity contribution is -0.228. The zero-order valence-corrected chi connectivity index (χ0v) is 10.4. The van der Waals surface area contributed by atoms with Crippen LogP contribution in [0.25, 0.3) is 0 Å². The third-order valence-electron chi connectivity index (χ3n) is 2.06. The molecule has 0 fully saturated rings. The molecule has 0 aliphatic heterocycles. The zero-order chi connectivity index (χ0) is 15.0. The summed E-state index contributed by atoms with van der Waals surface area (Å²) in [5.74, 6) is -2.78. The standard InChI is InChI=1S/C13H12O7/c1-2-11(15)19-20-13(17)10-6-4-3-5-9(10)12(16)18-8-7-14/h2-6,14H,1,7-8H2. The molecule has 7 nitrogen and oxygen atoms in total. The van der Waals surface area contributed by atoms with Crippen LogP contribution in [0.3, 0.4) is 0 Å². The van der Waals surface area contributed by atoms with Crippen molar-refractivity contribution in [3.8, 4) is 0 Å². The van der Waals surface area contributed by atoms with Gasteiger partial charge in [-0.3, -0.25) is 0 Å². The first kappa shape index (κ1) is 15.4. The van der Waals surface area contributed by atoms with Gasteiger partial charge in [-0.1, -0.05) is 18.7 Å². The molecule has 0 saturated heterocycles. The molecular weight excluding hydrogens is 268 g/mol. The summed E-state index contributed by atoms with van der Waals surface area (Å²) < 4.78 is 4.69. The van der Waals surface area contributed by atoms with E-state index in [0.29, 0.717) is 0 Å². The Bertz CT molecular complexity index is 521. The smallest absolute Gasteiger partial charge is 0.387 e. The third kappa shape index (κ3) is 4.21. The molecule has 0 aromatic heterocycles. The molecule has 1 N–H and O–H groups in total. The Morgan fingerprint density at radius 1 is 1.10 bits per heavy atom. The monoisotopic (exact) mass is 280 g/mol. The summed E-state index contributed by atoms with van der Waals surface area (Å²) in [6.07, 6.45) is 0.814. The van der Waals surface area contributed by atoms with Gasteiger partial charge in [0.2, 0.25) is 0 Å². The molecule has 0 unspecified atom stereocenters. The summed E-state index contributed by atoms with van der Waals surface area (Å²) in [7, 11) is 0. The van der Waals surface area contributed by atoms with Crippen molar-refractivity contribution in [2.24, 2.45) is 0 Å². The van der Waals surface area contributed by atoms with Gasteiger partial charge < -0.3 is 9.84 Å². The fourth-order valence-corrected chi connectivity index (χ4v) is 1.21. The first-order valence-electron chi connectivity index (χ1n) is 5.52. The number of benzene rings is 1. The quantitative estimate of drug-likeness (QED) is 0.365. The second-order valence-electron chi connectivity index (χ2n) is 3.38. The van der Waals surface area contributed by atoms with Crippen LogP contribution in [0.2, 0.25) is 0 Å². The van der Waals surface area contributed by atoms with Gasteiger partial charge >= 0.3 is 17.9 Å². The first-order chi connectivity index (χ1) is 9.60. The Labute approximate surface area is 114 Å². The summed E-state index contributed by atoms with van der Waals surface area (Å²) in [5, 5.41) is 8.58. The van der Waals surface area contributed by atoms with Gasteiger partial charge in [0.25, 0.3) is 0 Å². The third-order valence-corrected chi connectivity index (χ3v) is 2.06. The SMILES string of the molecule is C=CC(=O)OOC(=O)c1ccccc1C(=O)OCCO. The van der Waals surface area contributed by atoms with Crippen molar-refractivity contribution >= 4 is 17.9 Å². The van der Waals surface area contributed by atoms with E-state index in [4.69, 9.17) is 9.84 Å². The molecule has 0 amide bonds. The van der Waals surface area contributed by atoms with E-state index in [1.165, 1.54) is 24.3 Å². The number of rotatable bonds is 5. The van der Waals surface area contributed by atoms with Crippen LogP contribution in [0, 0.1) is 0 Å². The Morgan fingerprint density at radius 2 is 1.70 bits per heavy atom. The van der Waals surface area contributed by atoms with Crippen molar-refractivity contribution in [1.29, 1.82) is 0 Å². The van der Waals surface area contributed by atoms with E-state index in [2.05, 4.69) is 16.4 Å². The fraction of sp³-hybridized carbons (Fsp3) is 0.154. The van der Waals surface area contributed by atoms with Crippen LogP contribution in [0.4, 0.5) is 0 Å².